The van der Waals surface area contributed by atoms with Gasteiger partial charge in [0.15, 0.2) is 0 Å². The molecule has 8 heteroatoms. The van der Waals surface area contributed by atoms with Gasteiger partial charge in [0.2, 0.25) is 11.9 Å². The maximum Gasteiger partial charge on any atom is 0.322 e. The predicted molar refractivity (Wildman–Crippen MR) is 81.1 cm³/mol. The molecule has 0 bridgehead atoms. The Morgan fingerprint density at radius 1 is 1.00 bits per heavy atom. The van der Waals surface area contributed by atoms with Crippen LogP contribution in [0.2, 0.25) is 0 Å². The van der Waals surface area contributed by atoms with Gasteiger partial charge in [0, 0.05) is 33.9 Å². The molecule has 8 nitrogen and oxygen atoms in total. The number of rotatable bonds is 11. The van der Waals surface area contributed by atoms with Crippen LogP contribution in [-0.2, 0) is 9.47 Å². The van der Waals surface area contributed by atoms with Gasteiger partial charge in [-0.1, -0.05) is 6.92 Å². The molecule has 0 saturated carbocycles. The molecule has 0 radical (unpaired) electrons. The number of hydrogen-bond acceptors (Lipinski definition) is 8. The molecule has 0 aliphatic rings. The molecular formula is C13H25N5O3. The van der Waals surface area contributed by atoms with Gasteiger partial charge in [0.1, 0.15) is 0 Å². The Balaban J connectivity index is 2.91. The zero-order valence-corrected chi connectivity index (χ0v) is 13.3. The van der Waals surface area contributed by atoms with Crippen LogP contribution < -0.4 is 15.0 Å². The lowest BCUT2D eigenvalue weighted by atomic mass is 10.5. The van der Waals surface area contributed by atoms with Crippen molar-refractivity contribution in [1.29, 1.82) is 0 Å². The van der Waals surface area contributed by atoms with Crippen LogP contribution in [-0.4, -0.2) is 69.1 Å². The van der Waals surface area contributed by atoms with E-state index in [1.807, 2.05) is 4.90 Å². The Kier molecular flexibility index (Phi) is 8.37. The molecule has 1 N–H and O–H groups in total. The zero-order valence-electron chi connectivity index (χ0n) is 13.3. The summed E-state index contributed by atoms with van der Waals surface area (Å²) in [7, 11) is 4.87. The summed E-state index contributed by atoms with van der Waals surface area (Å²) in [6, 6.07) is 0.290. The van der Waals surface area contributed by atoms with E-state index in [1.54, 1.807) is 14.2 Å². The van der Waals surface area contributed by atoms with Crippen molar-refractivity contribution in [2.75, 3.05) is 64.4 Å². The molecular weight excluding hydrogens is 274 g/mol. The maximum atomic E-state index is 5.14. The van der Waals surface area contributed by atoms with Crippen LogP contribution in [0, 0.1) is 0 Å². The van der Waals surface area contributed by atoms with Crippen molar-refractivity contribution in [2.24, 2.45) is 0 Å². The van der Waals surface area contributed by atoms with Gasteiger partial charge in [-0.15, -0.1) is 0 Å². The molecule has 0 aliphatic carbocycles. The second kappa shape index (κ2) is 10.1. The predicted octanol–water partition coefficient (Wildman–Crippen LogP) is 0.801. The van der Waals surface area contributed by atoms with E-state index in [-0.39, 0.29) is 0 Å². The Labute approximate surface area is 125 Å². The van der Waals surface area contributed by atoms with Crippen molar-refractivity contribution >= 4 is 11.9 Å². The fraction of sp³-hybridized carbons (Fsp3) is 0.769. The SMILES string of the molecule is CCCNc1nc(OC)nc(N(CCOC)CCOC)n1. The van der Waals surface area contributed by atoms with Crippen LogP contribution in [0.25, 0.3) is 0 Å². The third kappa shape index (κ3) is 6.09. The van der Waals surface area contributed by atoms with Crippen molar-refractivity contribution in [3.05, 3.63) is 0 Å². The van der Waals surface area contributed by atoms with Gasteiger partial charge in [-0.2, -0.15) is 15.0 Å². The molecule has 1 aromatic rings. The summed E-state index contributed by atoms with van der Waals surface area (Å²) in [5, 5.41) is 3.15. The highest BCUT2D eigenvalue weighted by molar-refractivity contribution is 5.38. The minimum absolute atomic E-state index is 0.290. The Hall–Kier alpha value is -1.67. The summed E-state index contributed by atoms with van der Waals surface area (Å²) in [5.74, 6) is 1.06. The Morgan fingerprint density at radius 2 is 1.67 bits per heavy atom. The number of nitrogens with zero attached hydrogens (tertiary/aromatic N) is 4. The average molecular weight is 299 g/mol. The highest BCUT2D eigenvalue weighted by atomic mass is 16.5. The number of anilines is 2. The van der Waals surface area contributed by atoms with E-state index in [4.69, 9.17) is 14.2 Å². The number of methoxy groups -OCH3 is 3. The van der Waals surface area contributed by atoms with Gasteiger partial charge < -0.3 is 24.4 Å². The summed E-state index contributed by atoms with van der Waals surface area (Å²) >= 11 is 0. The molecule has 1 heterocycles. The molecule has 0 amide bonds. The first-order chi connectivity index (χ1) is 10.2. The largest absolute Gasteiger partial charge is 0.467 e. The van der Waals surface area contributed by atoms with Gasteiger partial charge in [-0.3, -0.25) is 0 Å². The lowest BCUT2D eigenvalue weighted by Crippen LogP contribution is -2.32. The summed E-state index contributed by atoms with van der Waals surface area (Å²) in [4.78, 5) is 14.9. The minimum atomic E-state index is 0.290. The van der Waals surface area contributed by atoms with Gasteiger partial charge in [0.05, 0.1) is 20.3 Å². The van der Waals surface area contributed by atoms with Crippen LogP contribution in [0.4, 0.5) is 11.9 Å². The monoisotopic (exact) mass is 299 g/mol. The first-order valence-corrected chi connectivity index (χ1v) is 7.01. The van der Waals surface area contributed by atoms with E-state index < -0.39 is 0 Å². The topological polar surface area (TPSA) is 81.6 Å². The molecule has 1 aromatic heterocycles. The number of ether oxygens (including phenoxy) is 3. The molecule has 0 aromatic carbocycles. The van der Waals surface area contributed by atoms with E-state index in [0.717, 1.165) is 13.0 Å². The van der Waals surface area contributed by atoms with Crippen molar-refractivity contribution < 1.29 is 14.2 Å². The number of nitrogens with one attached hydrogen (secondary N) is 1. The zero-order chi connectivity index (χ0) is 15.5. The molecule has 0 atom stereocenters. The molecule has 120 valence electrons. The molecule has 0 unspecified atom stereocenters. The smallest absolute Gasteiger partial charge is 0.322 e. The number of hydrogen-bond donors (Lipinski definition) is 1. The van der Waals surface area contributed by atoms with E-state index in [1.165, 1.54) is 7.11 Å². The lowest BCUT2D eigenvalue weighted by molar-refractivity contribution is 0.189. The standard InChI is InChI=1S/C13H25N5O3/c1-5-6-14-11-15-12(17-13(16-11)21-4)18(7-9-19-2)8-10-20-3/h5-10H2,1-4H3,(H,14,15,16,17). The minimum Gasteiger partial charge on any atom is -0.467 e. The third-order valence-corrected chi connectivity index (χ3v) is 2.73. The normalized spacial score (nSPS) is 10.5. The Morgan fingerprint density at radius 3 is 2.19 bits per heavy atom. The van der Waals surface area contributed by atoms with E-state index in [2.05, 4.69) is 27.2 Å². The molecule has 1 rings (SSSR count). The first-order valence-electron chi connectivity index (χ1n) is 7.01. The van der Waals surface area contributed by atoms with E-state index in [9.17, 15) is 0 Å². The maximum absolute atomic E-state index is 5.14. The quantitative estimate of drug-likeness (QED) is 0.642. The Bertz CT molecular complexity index is 397. The van der Waals surface area contributed by atoms with Gasteiger partial charge in [-0.05, 0) is 6.42 Å². The highest BCUT2D eigenvalue weighted by Gasteiger charge is 2.13. The van der Waals surface area contributed by atoms with Crippen LogP contribution >= 0.6 is 0 Å². The summed E-state index contributed by atoms with van der Waals surface area (Å²) in [6.07, 6.45) is 0.987. The molecule has 0 spiro atoms. The fourth-order valence-corrected chi connectivity index (χ4v) is 1.61. The molecule has 0 saturated heterocycles. The van der Waals surface area contributed by atoms with Crippen LogP contribution in [0.5, 0.6) is 6.01 Å². The second-order valence-electron chi connectivity index (χ2n) is 4.35. The average Bonchev–Trinajstić information content (AvgIpc) is 2.52. The van der Waals surface area contributed by atoms with Crippen molar-refractivity contribution in [3.63, 3.8) is 0 Å². The van der Waals surface area contributed by atoms with Crippen molar-refractivity contribution in [2.45, 2.75) is 13.3 Å². The van der Waals surface area contributed by atoms with Crippen LogP contribution in [0.15, 0.2) is 0 Å². The molecule has 0 aliphatic heterocycles. The van der Waals surface area contributed by atoms with Crippen molar-refractivity contribution in [1.82, 2.24) is 15.0 Å². The fourth-order valence-electron chi connectivity index (χ4n) is 1.61. The molecule has 21 heavy (non-hydrogen) atoms. The number of aromatic nitrogens is 3. The first kappa shape index (κ1) is 17.4. The van der Waals surface area contributed by atoms with Crippen LogP contribution in [0.3, 0.4) is 0 Å². The van der Waals surface area contributed by atoms with E-state index >= 15 is 0 Å². The van der Waals surface area contributed by atoms with Gasteiger partial charge >= 0.3 is 6.01 Å². The second-order valence-corrected chi connectivity index (χ2v) is 4.35. The molecule has 0 fully saturated rings. The third-order valence-electron chi connectivity index (χ3n) is 2.73. The van der Waals surface area contributed by atoms with Gasteiger partial charge in [0.25, 0.3) is 0 Å². The van der Waals surface area contributed by atoms with Gasteiger partial charge in [-0.25, -0.2) is 0 Å². The lowest BCUT2D eigenvalue weighted by Gasteiger charge is -2.22. The van der Waals surface area contributed by atoms with Crippen molar-refractivity contribution in [3.8, 4) is 6.01 Å². The summed E-state index contributed by atoms with van der Waals surface area (Å²) in [5.41, 5.74) is 0. The summed E-state index contributed by atoms with van der Waals surface area (Å²) in [6.45, 7) is 5.37. The highest BCUT2D eigenvalue weighted by Crippen LogP contribution is 2.14. The van der Waals surface area contributed by atoms with E-state index in [0.29, 0.717) is 44.2 Å². The summed E-state index contributed by atoms with van der Waals surface area (Å²) < 4.78 is 15.4. The van der Waals surface area contributed by atoms with Crippen LogP contribution in [0.1, 0.15) is 13.3 Å².